The van der Waals surface area contributed by atoms with Gasteiger partial charge in [-0.2, -0.15) is 13.2 Å². The molecule has 3 rings (SSSR count). The lowest BCUT2D eigenvalue weighted by molar-refractivity contribution is -0.137. The predicted octanol–water partition coefficient (Wildman–Crippen LogP) is 3.87. The maximum Gasteiger partial charge on any atom is 0.416 e. The molecule has 1 aromatic heterocycles. The standard InChI is InChI=1S/C19H15F3N4O/c20-19(21,22)13-7-5-12(6-8-13)11-25-18-24-10-9-16(26-18)14-3-1-2-4-15(14)17(23)27/h1-10H,11H2,(H2,23,27)(H,24,25,26). The van der Waals surface area contributed by atoms with Gasteiger partial charge in [-0.25, -0.2) is 9.97 Å². The Morgan fingerprint density at radius 3 is 2.41 bits per heavy atom. The summed E-state index contributed by atoms with van der Waals surface area (Å²) in [6.07, 6.45) is -2.84. The van der Waals surface area contributed by atoms with Crippen molar-refractivity contribution in [3.63, 3.8) is 0 Å². The van der Waals surface area contributed by atoms with Crippen LogP contribution in [0.25, 0.3) is 11.3 Å². The molecular weight excluding hydrogens is 357 g/mol. The van der Waals surface area contributed by atoms with E-state index in [0.717, 1.165) is 12.1 Å². The molecule has 138 valence electrons. The number of benzene rings is 2. The summed E-state index contributed by atoms with van der Waals surface area (Å²) in [5, 5.41) is 2.96. The van der Waals surface area contributed by atoms with Gasteiger partial charge in [0.2, 0.25) is 11.9 Å². The lowest BCUT2D eigenvalue weighted by atomic mass is 10.0. The quantitative estimate of drug-likeness (QED) is 0.712. The van der Waals surface area contributed by atoms with Crippen LogP contribution >= 0.6 is 0 Å². The van der Waals surface area contributed by atoms with Gasteiger partial charge in [0.1, 0.15) is 0 Å². The van der Waals surface area contributed by atoms with E-state index in [1.807, 2.05) is 0 Å². The van der Waals surface area contributed by atoms with Crippen LogP contribution in [0.1, 0.15) is 21.5 Å². The van der Waals surface area contributed by atoms with Gasteiger partial charge in [-0.3, -0.25) is 4.79 Å². The molecule has 0 atom stereocenters. The van der Waals surface area contributed by atoms with Crippen molar-refractivity contribution in [3.05, 3.63) is 77.5 Å². The third-order valence-electron chi connectivity index (χ3n) is 3.86. The Hall–Kier alpha value is -3.42. The summed E-state index contributed by atoms with van der Waals surface area (Å²) in [5.41, 5.74) is 6.76. The highest BCUT2D eigenvalue weighted by Gasteiger charge is 2.29. The number of carbonyl (C=O) groups is 1. The van der Waals surface area contributed by atoms with Crippen molar-refractivity contribution >= 4 is 11.9 Å². The van der Waals surface area contributed by atoms with E-state index in [1.54, 1.807) is 30.3 Å². The highest BCUT2D eigenvalue weighted by atomic mass is 19.4. The van der Waals surface area contributed by atoms with Crippen molar-refractivity contribution in [2.75, 3.05) is 5.32 Å². The minimum atomic E-state index is -4.36. The van der Waals surface area contributed by atoms with Crippen molar-refractivity contribution < 1.29 is 18.0 Å². The van der Waals surface area contributed by atoms with Gasteiger partial charge in [0.05, 0.1) is 11.3 Å². The van der Waals surface area contributed by atoms with Crippen LogP contribution in [0.5, 0.6) is 0 Å². The summed E-state index contributed by atoms with van der Waals surface area (Å²) in [4.78, 5) is 20.0. The Morgan fingerprint density at radius 2 is 1.74 bits per heavy atom. The van der Waals surface area contributed by atoms with Gasteiger partial charge in [-0.15, -0.1) is 0 Å². The van der Waals surface area contributed by atoms with Gasteiger partial charge in [-0.05, 0) is 29.8 Å². The summed E-state index contributed by atoms with van der Waals surface area (Å²) >= 11 is 0. The van der Waals surface area contributed by atoms with Gasteiger partial charge < -0.3 is 11.1 Å². The third kappa shape index (κ3) is 4.41. The zero-order chi connectivity index (χ0) is 19.4. The topological polar surface area (TPSA) is 80.9 Å². The number of hydrogen-bond donors (Lipinski definition) is 2. The maximum atomic E-state index is 12.6. The van der Waals surface area contributed by atoms with Gasteiger partial charge in [0.15, 0.2) is 0 Å². The normalized spacial score (nSPS) is 11.2. The number of halogens is 3. The van der Waals surface area contributed by atoms with Crippen molar-refractivity contribution in [2.45, 2.75) is 12.7 Å². The summed E-state index contributed by atoms with van der Waals surface area (Å²) < 4.78 is 37.8. The number of primary amides is 1. The molecule has 0 aliphatic carbocycles. The van der Waals surface area contributed by atoms with Crippen molar-refractivity contribution in [2.24, 2.45) is 5.73 Å². The first-order valence-electron chi connectivity index (χ1n) is 7.97. The smallest absolute Gasteiger partial charge is 0.366 e. The molecule has 0 spiro atoms. The maximum absolute atomic E-state index is 12.6. The summed E-state index contributed by atoms with van der Waals surface area (Å²) in [5.74, 6) is -0.282. The molecule has 0 saturated carbocycles. The van der Waals surface area contributed by atoms with Crippen molar-refractivity contribution in [1.29, 1.82) is 0 Å². The largest absolute Gasteiger partial charge is 0.416 e. The zero-order valence-electron chi connectivity index (χ0n) is 14.0. The minimum absolute atomic E-state index is 0.249. The monoisotopic (exact) mass is 372 g/mol. The molecule has 1 heterocycles. The van der Waals surface area contributed by atoms with Crippen LogP contribution in [0.15, 0.2) is 60.8 Å². The Morgan fingerprint density at radius 1 is 1.04 bits per heavy atom. The molecule has 0 unspecified atom stereocenters. The van der Waals surface area contributed by atoms with Gasteiger partial charge >= 0.3 is 6.18 Å². The first-order chi connectivity index (χ1) is 12.8. The highest BCUT2D eigenvalue weighted by molar-refractivity contribution is 5.99. The average molecular weight is 372 g/mol. The van der Waals surface area contributed by atoms with E-state index in [4.69, 9.17) is 5.73 Å². The van der Waals surface area contributed by atoms with E-state index >= 15 is 0 Å². The Kier molecular flexibility index (Phi) is 5.07. The molecule has 0 aliphatic heterocycles. The molecule has 0 fully saturated rings. The number of nitrogens with one attached hydrogen (secondary N) is 1. The number of carbonyl (C=O) groups excluding carboxylic acids is 1. The van der Waals surface area contributed by atoms with Crippen LogP contribution in [-0.2, 0) is 12.7 Å². The SMILES string of the molecule is NC(=O)c1ccccc1-c1ccnc(NCc2ccc(C(F)(F)F)cc2)n1. The first-order valence-corrected chi connectivity index (χ1v) is 7.97. The van der Waals surface area contributed by atoms with E-state index in [-0.39, 0.29) is 12.5 Å². The fourth-order valence-electron chi connectivity index (χ4n) is 2.51. The van der Waals surface area contributed by atoms with E-state index in [2.05, 4.69) is 15.3 Å². The molecule has 27 heavy (non-hydrogen) atoms. The van der Waals surface area contributed by atoms with E-state index in [1.165, 1.54) is 18.3 Å². The highest BCUT2D eigenvalue weighted by Crippen LogP contribution is 2.29. The molecule has 0 bridgehead atoms. The Balaban J connectivity index is 1.76. The van der Waals surface area contributed by atoms with E-state index < -0.39 is 17.6 Å². The van der Waals surface area contributed by atoms with Crippen molar-refractivity contribution in [1.82, 2.24) is 9.97 Å². The third-order valence-corrected chi connectivity index (χ3v) is 3.86. The van der Waals surface area contributed by atoms with E-state index in [9.17, 15) is 18.0 Å². The molecule has 3 aromatic rings. The molecule has 1 amide bonds. The zero-order valence-corrected chi connectivity index (χ0v) is 14.0. The van der Waals surface area contributed by atoms with Crippen molar-refractivity contribution in [3.8, 4) is 11.3 Å². The second-order valence-corrected chi connectivity index (χ2v) is 5.72. The number of anilines is 1. The lowest BCUT2D eigenvalue weighted by Gasteiger charge is -2.10. The van der Waals surface area contributed by atoms with Crippen LogP contribution in [-0.4, -0.2) is 15.9 Å². The molecule has 0 aliphatic rings. The average Bonchev–Trinajstić information content (AvgIpc) is 2.66. The second kappa shape index (κ2) is 7.45. The number of alkyl halides is 3. The molecule has 0 saturated heterocycles. The molecular formula is C19H15F3N4O. The first kappa shape index (κ1) is 18.4. The second-order valence-electron chi connectivity index (χ2n) is 5.72. The summed E-state index contributed by atoms with van der Waals surface area (Å²) in [6, 6.07) is 13.3. The fraction of sp³-hybridized carbons (Fsp3) is 0.105. The van der Waals surface area contributed by atoms with Crippen LogP contribution < -0.4 is 11.1 Å². The number of nitrogens with zero attached hydrogens (tertiary/aromatic N) is 2. The van der Waals surface area contributed by atoms with Crippen LogP contribution in [0.4, 0.5) is 19.1 Å². The summed E-state index contributed by atoms with van der Waals surface area (Å²) in [6.45, 7) is 0.249. The Labute approximate surface area is 153 Å². The number of nitrogens with two attached hydrogens (primary N) is 1. The van der Waals surface area contributed by atoms with Gasteiger partial charge in [-0.1, -0.05) is 30.3 Å². The van der Waals surface area contributed by atoms with E-state index in [0.29, 0.717) is 22.4 Å². The fourth-order valence-corrected chi connectivity index (χ4v) is 2.51. The minimum Gasteiger partial charge on any atom is -0.366 e. The van der Waals surface area contributed by atoms with Crippen LogP contribution in [0.2, 0.25) is 0 Å². The number of hydrogen-bond acceptors (Lipinski definition) is 4. The molecule has 0 radical (unpaired) electrons. The van der Waals surface area contributed by atoms with Gasteiger partial charge in [0, 0.05) is 23.9 Å². The predicted molar refractivity (Wildman–Crippen MR) is 94.8 cm³/mol. The number of amides is 1. The molecule has 3 N–H and O–H groups in total. The summed E-state index contributed by atoms with van der Waals surface area (Å²) in [7, 11) is 0. The number of aromatic nitrogens is 2. The molecule has 8 heteroatoms. The Bertz CT molecular complexity index is 956. The number of rotatable bonds is 5. The lowest BCUT2D eigenvalue weighted by Crippen LogP contribution is -2.12. The molecule has 5 nitrogen and oxygen atoms in total. The van der Waals surface area contributed by atoms with Crippen LogP contribution in [0.3, 0.4) is 0 Å². The van der Waals surface area contributed by atoms with Crippen LogP contribution in [0, 0.1) is 0 Å². The molecule has 2 aromatic carbocycles. The van der Waals surface area contributed by atoms with Gasteiger partial charge in [0.25, 0.3) is 0 Å².